The summed E-state index contributed by atoms with van der Waals surface area (Å²) in [6, 6.07) is 9.56. The van der Waals surface area contributed by atoms with Gasteiger partial charge in [0.25, 0.3) is 11.1 Å². The van der Waals surface area contributed by atoms with Crippen LogP contribution in [-0.2, 0) is 17.1 Å². The van der Waals surface area contributed by atoms with Crippen molar-refractivity contribution in [2.75, 3.05) is 20.2 Å². The van der Waals surface area contributed by atoms with Crippen LogP contribution >= 0.6 is 0 Å². The zero-order valence-corrected chi connectivity index (χ0v) is 27.3. The summed E-state index contributed by atoms with van der Waals surface area (Å²) in [5, 5.41) is 7.85. The van der Waals surface area contributed by atoms with Crippen molar-refractivity contribution in [2.24, 2.45) is 0 Å². The molecule has 4 atom stereocenters. The van der Waals surface area contributed by atoms with E-state index >= 15 is 0 Å². The van der Waals surface area contributed by atoms with Crippen LogP contribution in [0.3, 0.4) is 0 Å². The predicted molar refractivity (Wildman–Crippen MR) is 168 cm³/mol. The summed E-state index contributed by atoms with van der Waals surface area (Å²) in [5.74, 6) is 1.00. The first kappa shape index (κ1) is 36.5. The Kier molecular flexibility index (Phi) is 10.7. The summed E-state index contributed by atoms with van der Waals surface area (Å²) < 4.78 is 92.4. The van der Waals surface area contributed by atoms with Gasteiger partial charge in [0, 0.05) is 36.6 Å². The summed E-state index contributed by atoms with van der Waals surface area (Å²) >= 11 is 0. The summed E-state index contributed by atoms with van der Waals surface area (Å²) in [5.41, 5.74) is 0.480. The molecule has 0 aliphatic carbocycles. The smallest absolute Gasteiger partial charge is 0.416 e. The molecule has 16 heteroatoms. The van der Waals surface area contributed by atoms with Crippen LogP contribution < -0.4 is 16.4 Å². The average Bonchev–Trinajstić information content (AvgIpc) is 3.71. The number of hydrogen-bond donors (Lipinski definition) is 3. The van der Waals surface area contributed by atoms with Gasteiger partial charge < -0.3 is 24.0 Å². The number of H-pyrrole nitrogens is 2. The van der Waals surface area contributed by atoms with Crippen LogP contribution in [0.25, 0.3) is 0 Å². The van der Waals surface area contributed by atoms with E-state index in [2.05, 4.69) is 15.6 Å². The number of nitrogens with zero attached hydrogens (tertiary/aromatic N) is 1. The van der Waals surface area contributed by atoms with Gasteiger partial charge in [-0.25, -0.2) is 4.79 Å². The fourth-order valence-electron chi connectivity index (χ4n) is 6.73. The van der Waals surface area contributed by atoms with Gasteiger partial charge in [-0.2, -0.15) is 36.7 Å². The molecule has 0 bridgehead atoms. The SMILES string of the molecule is COC(=O)N1CC[C@H](c2cc(=O)[nH]o2)C[C@@H]1c1ccc(C(F)(F)F)cc1C.Cc1cc(C(F)(F)F)ccc1[C@H]1C[C@@H](c2cc(=O)[nH]o2)CCN1. The lowest BCUT2D eigenvalue weighted by Crippen LogP contribution is -2.40. The van der Waals surface area contributed by atoms with Crippen LogP contribution in [0.15, 0.2) is 67.2 Å². The number of halogens is 6. The highest BCUT2D eigenvalue weighted by molar-refractivity contribution is 5.68. The lowest BCUT2D eigenvalue weighted by atomic mass is 9.84. The van der Waals surface area contributed by atoms with Gasteiger partial charge in [0.05, 0.1) is 24.3 Å². The Morgan fingerprint density at radius 3 is 1.76 bits per heavy atom. The third kappa shape index (κ3) is 8.34. The fraction of sp³-hybridized carbons (Fsp3) is 0.441. The van der Waals surface area contributed by atoms with E-state index in [4.69, 9.17) is 13.8 Å². The van der Waals surface area contributed by atoms with Gasteiger partial charge in [0.1, 0.15) is 11.5 Å². The minimum absolute atomic E-state index is 0.0590. The van der Waals surface area contributed by atoms with E-state index in [9.17, 15) is 40.7 Å². The van der Waals surface area contributed by atoms with Crippen LogP contribution in [0, 0.1) is 13.8 Å². The Bertz CT molecular complexity index is 1910. The zero-order chi connectivity index (χ0) is 36.4. The van der Waals surface area contributed by atoms with Crippen LogP contribution in [-0.4, -0.2) is 41.5 Å². The second kappa shape index (κ2) is 14.6. The van der Waals surface area contributed by atoms with Crippen molar-refractivity contribution in [2.45, 2.75) is 75.8 Å². The van der Waals surface area contributed by atoms with E-state index in [0.717, 1.165) is 30.2 Å². The maximum atomic E-state index is 13.0. The quantitative estimate of drug-likeness (QED) is 0.187. The average molecular weight is 711 g/mol. The van der Waals surface area contributed by atoms with Crippen molar-refractivity contribution in [3.8, 4) is 0 Å². The zero-order valence-electron chi connectivity index (χ0n) is 27.3. The number of rotatable bonds is 4. The number of aryl methyl sites for hydroxylation is 2. The molecule has 2 aliphatic rings. The summed E-state index contributed by atoms with van der Waals surface area (Å²) in [7, 11) is 1.26. The van der Waals surface area contributed by atoms with E-state index in [1.165, 1.54) is 42.3 Å². The number of piperidine rings is 2. The van der Waals surface area contributed by atoms with Gasteiger partial charge >= 0.3 is 18.4 Å². The number of hydrogen-bond acceptors (Lipinski definition) is 7. The molecule has 270 valence electrons. The van der Waals surface area contributed by atoms with Crippen molar-refractivity contribution in [1.82, 2.24) is 20.5 Å². The molecular weight excluding hydrogens is 674 g/mol. The lowest BCUT2D eigenvalue weighted by molar-refractivity contribution is -0.138. The molecule has 10 nitrogen and oxygen atoms in total. The first-order chi connectivity index (χ1) is 23.5. The Labute approximate surface area is 281 Å². The predicted octanol–water partition coefficient (Wildman–Crippen LogP) is 7.49. The monoisotopic (exact) mass is 710 g/mol. The minimum Gasteiger partial charge on any atom is -0.453 e. The topological polar surface area (TPSA) is 134 Å². The highest BCUT2D eigenvalue weighted by Gasteiger charge is 2.38. The van der Waals surface area contributed by atoms with E-state index < -0.39 is 35.6 Å². The van der Waals surface area contributed by atoms with Crippen molar-refractivity contribution < 1.29 is 44.9 Å². The molecule has 2 aromatic carbocycles. The number of carbonyl (C=O) groups is 1. The first-order valence-electron chi connectivity index (χ1n) is 15.9. The van der Waals surface area contributed by atoms with Gasteiger partial charge in [-0.3, -0.25) is 9.59 Å². The molecule has 0 spiro atoms. The number of aromatic nitrogens is 2. The molecule has 0 radical (unpaired) electrons. The van der Waals surface area contributed by atoms with Crippen LogP contribution in [0.5, 0.6) is 0 Å². The lowest BCUT2D eigenvalue weighted by Gasteiger charge is -2.38. The number of ether oxygens (including phenoxy) is 1. The van der Waals surface area contributed by atoms with Gasteiger partial charge in [-0.05, 0) is 92.6 Å². The molecule has 0 saturated carbocycles. The van der Waals surface area contributed by atoms with E-state index in [0.29, 0.717) is 60.6 Å². The molecule has 0 unspecified atom stereocenters. The minimum atomic E-state index is -4.44. The van der Waals surface area contributed by atoms with Gasteiger partial charge in [0.15, 0.2) is 0 Å². The number of methoxy groups -OCH3 is 1. The molecule has 4 aromatic rings. The van der Waals surface area contributed by atoms with E-state index in [1.807, 2.05) is 0 Å². The Balaban J connectivity index is 0.000000197. The normalized spacial score (nSPS) is 21.3. The summed E-state index contributed by atoms with van der Waals surface area (Å²) in [4.78, 5) is 36.2. The summed E-state index contributed by atoms with van der Waals surface area (Å²) in [6.45, 7) is 4.31. The first-order valence-corrected chi connectivity index (χ1v) is 15.9. The van der Waals surface area contributed by atoms with Crippen molar-refractivity contribution >= 4 is 6.09 Å². The molecular formula is C34H36F6N4O6. The van der Waals surface area contributed by atoms with Gasteiger partial charge in [0.2, 0.25) is 0 Å². The number of likely N-dealkylation sites (tertiary alicyclic amines) is 1. The molecule has 6 rings (SSSR count). The van der Waals surface area contributed by atoms with Crippen molar-refractivity contribution in [3.63, 3.8) is 0 Å². The number of aromatic amines is 2. The number of alkyl halides is 6. The highest BCUT2D eigenvalue weighted by Crippen LogP contribution is 2.42. The van der Waals surface area contributed by atoms with Gasteiger partial charge in [-0.15, -0.1) is 0 Å². The molecule has 1 amide bonds. The number of nitrogens with one attached hydrogen (secondary N) is 3. The summed E-state index contributed by atoms with van der Waals surface area (Å²) in [6.07, 6.45) is -6.87. The fourth-order valence-corrected chi connectivity index (χ4v) is 6.73. The van der Waals surface area contributed by atoms with Crippen LogP contribution in [0.1, 0.15) is 94.5 Å². The Morgan fingerprint density at radius 2 is 1.30 bits per heavy atom. The van der Waals surface area contributed by atoms with Crippen molar-refractivity contribution in [1.29, 1.82) is 0 Å². The van der Waals surface area contributed by atoms with E-state index in [-0.39, 0.29) is 29.0 Å². The molecule has 2 fully saturated rings. The van der Waals surface area contributed by atoms with Crippen LogP contribution in [0.2, 0.25) is 0 Å². The highest BCUT2D eigenvalue weighted by atomic mass is 19.4. The molecule has 3 N–H and O–H groups in total. The molecule has 50 heavy (non-hydrogen) atoms. The second-order valence-electron chi connectivity index (χ2n) is 12.5. The van der Waals surface area contributed by atoms with E-state index in [1.54, 1.807) is 13.8 Å². The largest absolute Gasteiger partial charge is 0.453 e. The maximum absolute atomic E-state index is 13.0. The Morgan fingerprint density at radius 1 is 0.780 bits per heavy atom. The molecule has 2 aliphatic heterocycles. The van der Waals surface area contributed by atoms with Gasteiger partial charge in [-0.1, -0.05) is 12.1 Å². The second-order valence-corrected chi connectivity index (χ2v) is 12.5. The standard InChI is InChI=1S/C18H19F3N2O4.C16H17F3N2O2/c1-10-7-12(18(19,20)21)3-4-13(10)14-8-11(15-9-16(24)22-27-15)5-6-23(14)17(25)26-2;1-9-6-11(16(17,18)19)2-3-12(9)13-7-10(4-5-20-13)14-8-15(22)21-23-14/h3-4,7,9,11,14H,5-6,8H2,1-2H3,(H,22,24);2-3,6,8,10,13,20H,4-5,7H2,1H3,(H,21,22)/t11-,14+;10-,13+/m00/s1. The number of benzene rings is 2. The third-order valence-corrected chi connectivity index (χ3v) is 9.23. The third-order valence-electron chi connectivity index (χ3n) is 9.23. The number of amides is 1. The molecule has 2 aromatic heterocycles. The maximum Gasteiger partial charge on any atom is 0.416 e. The molecule has 2 saturated heterocycles. The number of carbonyl (C=O) groups excluding carboxylic acids is 1. The molecule has 4 heterocycles. The van der Waals surface area contributed by atoms with Crippen LogP contribution in [0.4, 0.5) is 31.1 Å². The Hall–Kier alpha value is -4.73. The van der Waals surface area contributed by atoms with Crippen molar-refractivity contribution in [3.05, 3.63) is 114 Å².